The van der Waals surface area contributed by atoms with Crippen LogP contribution in [0, 0.1) is 37.0 Å². The van der Waals surface area contributed by atoms with Crippen LogP contribution in [-0.2, 0) is 11.2 Å². The molecule has 1 amide bonds. The van der Waals surface area contributed by atoms with Crippen LogP contribution in [0.15, 0.2) is 24.3 Å². The van der Waals surface area contributed by atoms with Gasteiger partial charge in [-0.1, -0.05) is 23.7 Å². The predicted octanol–water partition coefficient (Wildman–Crippen LogP) is 5.20. The second-order valence-corrected chi connectivity index (χ2v) is 11.9. The van der Waals surface area contributed by atoms with Gasteiger partial charge in [0.1, 0.15) is 11.6 Å². The van der Waals surface area contributed by atoms with E-state index < -0.39 is 0 Å². The molecule has 0 spiro atoms. The molecule has 5 nitrogen and oxygen atoms in total. The standard InChI is InChI=1S/C28H35ClN4O/c1-18-25(14-20-3-5-24(29)6-4-20)26(31-19(2)30-18)32-7-9-33(10-8-32)27(34)28-15-21-11-22(16-28)13-23(12-21)17-28/h3-6,21-23H,7-17H2,1-2H3. The number of nitrogens with zero attached hydrogens (tertiary/aromatic N) is 4. The minimum atomic E-state index is -0.0429. The van der Waals surface area contributed by atoms with Crippen LogP contribution in [0.1, 0.15) is 61.2 Å². The maximum absolute atomic E-state index is 13.8. The highest BCUT2D eigenvalue weighted by atomic mass is 35.5. The van der Waals surface area contributed by atoms with E-state index in [9.17, 15) is 4.79 Å². The van der Waals surface area contributed by atoms with Crippen LogP contribution in [0.2, 0.25) is 5.02 Å². The summed E-state index contributed by atoms with van der Waals surface area (Å²) in [5, 5.41) is 0.751. The van der Waals surface area contributed by atoms with Gasteiger partial charge in [0.25, 0.3) is 0 Å². The van der Waals surface area contributed by atoms with E-state index in [2.05, 4.69) is 33.8 Å². The molecular weight excluding hydrogens is 444 g/mol. The Kier molecular flexibility index (Phi) is 5.59. The first-order chi connectivity index (χ1) is 16.4. The first-order valence-electron chi connectivity index (χ1n) is 13.0. The van der Waals surface area contributed by atoms with Crippen LogP contribution in [0.3, 0.4) is 0 Å². The Bertz CT molecular complexity index is 1060. The van der Waals surface area contributed by atoms with Gasteiger partial charge in [-0.2, -0.15) is 0 Å². The Morgan fingerprint density at radius 3 is 2.12 bits per heavy atom. The van der Waals surface area contributed by atoms with Crippen molar-refractivity contribution in [3.8, 4) is 0 Å². The molecule has 0 unspecified atom stereocenters. The maximum atomic E-state index is 13.8. The molecule has 0 atom stereocenters. The molecule has 4 saturated carbocycles. The van der Waals surface area contributed by atoms with Crippen molar-refractivity contribution in [2.24, 2.45) is 23.2 Å². The van der Waals surface area contributed by atoms with Crippen molar-refractivity contribution in [1.29, 1.82) is 0 Å². The Labute approximate surface area is 207 Å². The lowest BCUT2D eigenvalue weighted by Gasteiger charge is -2.57. The summed E-state index contributed by atoms with van der Waals surface area (Å²) in [5.41, 5.74) is 3.37. The van der Waals surface area contributed by atoms with Crippen LogP contribution < -0.4 is 4.90 Å². The van der Waals surface area contributed by atoms with Crippen LogP contribution in [0.4, 0.5) is 5.82 Å². The van der Waals surface area contributed by atoms with E-state index in [0.29, 0.717) is 5.91 Å². The number of hydrogen-bond acceptors (Lipinski definition) is 4. The number of rotatable bonds is 4. The third kappa shape index (κ3) is 4.00. The second kappa shape index (κ2) is 8.51. The molecule has 1 aromatic heterocycles. The summed E-state index contributed by atoms with van der Waals surface area (Å²) in [6.45, 7) is 7.31. The zero-order valence-corrected chi connectivity index (χ0v) is 21.2. The lowest BCUT2D eigenvalue weighted by molar-refractivity contribution is -0.158. The largest absolute Gasteiger partial charge is 0.353 e. The smallest absolute Gasteiger partial charge is 0.228 e. The summed E-state index contributed by atoms with van der Waals surface area (Å²) in [5.74, 6) is 4.71. The summed E-state index contributed by atoms with van der Waals surface area (Å²) in [7, 11) is 0. The van der Waals surface area contributed by atoms with E-state index in [0.717, 1.165) is 92.0 Å². The molecule has 1 aromatic carbocycles. The molecular formula is C28H35ClN4O. The fourth-order valence-electron chi connectivity index (χ4n) is 7.82. The minimum Gasteiger partial charge on any atom is -0.353 e. The van der Waals surface area contributed by atoms with Crippen LogP contribution in [-0.4, -0.2) is 47.0 Å². The van der Waals surface area contributed by atoms with Gasteiger partial charge in [0.15, 0.2) is 0 Å². The van der Waals surface area contributed by atoms with E-state index in [1.807, 2.05) is 19.1 Å². The van der Waals surface area contributed by atoms with Crippen molar-refractivity contribution in [3.63, 3.8) is 0 Å². The molecule has 7 rings (SSSR count). The lowest BCUT2D eigenvalue weighted by Crippen LogP contribution is -2.58. The fourth-order valence-corrected chi connectivity index (χ4v) is 7.95. The van der Waals surface area contributed by atoms with Gasteiger partial charge >= 0.3 is 0 Å². The average Bonchev–Trinajstić information content (AvgIpc) is 2.81. The quantitative estimate of drug-likeness (QED) is 0.605. The molecule has 5 fully saturated rings. The molecule has 2 heterocycles. The second-order valence-electron chi connectivity index (χ2n) is 11.4. The van der Waals surface area contributed by atoms with Crippen molar-refractivity contribution >= 4 is 23.3 Å². The summed E-state index contributed by atoms with van der Waals surface area (Å²) in [4.78, 5) is 27.9. The first-order valence-corrected chi connectivity index (χ1v) is 13.4. The molecule has 0 radical (unpaired) electrons. The number of carbonyl (C=O) groups is 1. The van der Waals surface area contributed by atoms with Gasteiger partial charge in [-0.25, -0.2) is 9.97 Å². The first kappa shape index (κ1) is 22.3. The predicted molar refractivity (Wildman–Crippen MR) is 135 cm³/mol. The van der Waals surface area contributed by atoms with E-state index in [-0.39, 0.29) is 5.41 Å². The Morgan fingerprint density at radius 1 is 0.941 bits per heavy atom. The third-order valence-electron chi connectivity index (χ3n) is 8.96. The van der Waals surface area contributed by atoms with E-state index in [1.54, 1.807) is 0 Å². The van der Waals surface area contributed by atoms with Gasteiger partial charge in [0, 0.05) is 48.9 Å². The van der Waals surface area contributed by atoms with Gasteiger partial charge in [0.2, 0.25) is 5.91 Å². The molecule has 4 bridgehead atoms. The summed E-state index contributed by atoms with van der Waals surface area (Å²) in [6.07, 6.45) is 8.36. The minimum absolute atomic E-state index is 0.0429. The Hall–Kier alpha value is -2.14. The van der Waals surface area contributed by atoms with Crippen LogP contribution in [0.5, 0.6) is 0 Å². The van der Waals surface area contributed by atoms with Gasteiger partial charge in [-0.3, -0.25) is 4.79 Å². The normalized spacial score (nSPS) is 30.1. The highest BCUT2D eigenvalue weighted by molar-refractivity contribution is 6.30. The molecule has 0 N–H and O–H groups in total. The molecule has 5 aliphatic rings. The van der Waals surface area contributed by atoms with Gasteiger partial charge in [0.05, 0.1) is 5.41 Å². The lowest BCUT2D eigenvalue weighted by atomic mass is 9.49. The molecule has 1 saturated heterocycles. The van der Waals surface area contributed by atoms with Crippen molar-refractivity contribution in [2.45, 2.75) is 58.8 Å². The van der Waals surface area contributed by atoms with Crippen molar-refractivity contribution in [1.82, 2.24) is 14.9 Å². The van der Waals surface area contributed by atoms with Gasteiger partial charge in [-0.05, 0) is 87.8 Å². The molecule has 180 valence electrons. The van der Waals surface area contributed by atoms with Crippen molar-refractivity contribution in [3.05, 3.63) is 51.9 Å². The van der Waals surface area contributed by atoms with E-state index >= 15 is 0 Å². The highest BCUT2D eigenvalue weighted by Gasteiger charge is 2.55. The maximum Gasteiger partial charge on any atom is 0.228 e. The third-order valence-corrected chi connectivity index (χ3v) is 9.21. The van der Waals surface area contributed by atoms with Crippen LogP contribution in [0.25, 0.3) is 0 Å². The number of halogens is 1. The summed E-state index contributed by atoms with van der Waals surface area (Å²) >= 11 is 6.09. The van der Waals surface area contributed by atoms with Crippen LogP contribution >= 0.6 is 11.6 Å². The fraction of sp³-hybridized carbons (Fsp3) is 0.607. The average molecular weight is 479 g/mol. The van der Waals surface area contributed by atoms with Crippen molar-refractivity contribution in [2.75, 3.05) is 31.1 Å². The number of piperazine rings is 1. The van der Waals surface area contributed by atoms with Gasteiger partial charge < -0.3 is 9.80 Å². The Morgan fingerprint density at radius 2 is 1.53 bits per heavy atom. The monoisotopic (exact) mass is 478 g/mol. The zero-order valence-electron chi connectivity index (χ0n) is 20.4. The SMILES string of the molecule is Cc1nc(C)c(Cc2ccc(Cl)cc2)c(N2CCN(C(=O)C34CC5CC(CC(C5)C3)C4)CC2)n1. The highest BCUT2D eigenvalue weighted by Crippen LogP contribution is 2.60. The Balaban J connectivity index is 1.18. The molecule has 2 aromatic rings. The van der Waals surface area contributed by atoms with Crippen molar-refractivity contribution < 1.29 is 4.79 Å². The number of aryl methyl sites for hydroxylation is 2. The zero-order chi connectivity index (χ0) is 23.4. The van der Waals surface area contributed by atoms with E-state index in [4.69, 9.17) is 16.6 Å². The number of benzene rings is 1. The summed E-state index contributed by atoms with van der Waals surface area (Å²) in [6, 6.07) is 8.03. The molecule has 1 aliphatic heterocycles. The number of amides is 1. The number of carbonyl (C=O) groups excluding carboxylic acids is 1. The topological polar surface area (TPSA) is 49.3 Å². The number of aromatic nitrogens is 2. The van der Waals surface area contributed by atoms with Gasteiger partial charge in [-0.15, -0.1) is 0 Å². The molecule has 6 heteroatoms. The number of anilines is 1. The van der Waals surface area contributed by atoms with E-state index in [1.165, 1.54) is 30.4 Å². The molecule has 4 aliphatic carbocycles. The summed E-state index contributed by atoms with van der Waals surface area (Å²) < 4.78 is 0. The molecule has 34 heavy (non-hydrogen) atoms. The number of hydrogen-bond donors (Lipinski definition) is 0.